The Kier molecular flexibility index (Phi) is 4.82. The molecule has 18 heavy (non-hydrogen) atoms. The van der Waals surface area contributed by atoms with Crippen LogP contribution in [0.15, 0.2) is 30.3 Å². The van der Waals surface area contributed by atoms with Gasteiger partial charge in [-0.3, -0.25) is 0 Å². The van der Waals surface area contributed by atoms with E-state index in [1.807, 2.05) is 0 Å². The van der Waals surface area contributed by atoms with Gasteiger partial charge in [0.2, 0.25) is 0 Å². The van der Waals surface area contributed by atoms with E-state index < -0.39 is 0 Å². The zero-order chi connectivity index (χ0) is 12.8. The Balaban J connectivity index is 1.69. The summed E-state index contributed by atoms with van der Waals surface area (Å²) in [6.07, 6.45) is 9.01. The van der Waals surface area contributed by atoms with E-state index in [1.165, 1.54) is 24.8 Å². The summed E-state index contributed by atoms with van der Waals surface area (Å²) in [5, 5.41) is 10.5. The fourth-order valence-corrected chi connectivity index (χ4v) is 3.29. The van der Waals surface area contributed by atoms with Crippen molar-refractivity contribution in [3.63, 3.8) is 0 Å². The monoisotopic (exact) mass is 246 g/mol. The second-order valence-corrected chi connectivity index (χ2v) is 6.12. The summed E-state index contributed by atoms with van der Waals surface area (Å²) >= 11 is 0. The summed E-state index contributed by atoms with van der Waals surface area (Å²) in [4.78, 5) is 0. The highest BCUT2D eigenvalue weighted by Gasteiger charge is 2.31. The van der Waals surface area contributed by atoms with Crippen LogP contribution < -0.4 is 0 Å². The van der Waals surface area contributed by atoms with Gasteiger partial charge in [-0.2, -0.15) is 0 Å². The normalized spacial score (nSPS) is 28.2. The van der Waals surface area contributed by atoms with Crippen molar-refractivity contribution in [2.24, 2.45) is 5.92 Å². The van der Waals surface area contributed by atoms with Crippen LogP contribution in [0.4, 0.5) is 0 Å². The van der Waals surface area contributed by atoms with E-state index in [2.05, 4.69) is 37.3 Å². The van der Waals surface area contributed by atoms with E-state index in [4.69, 9.17) is 0 Å². The van der Waals surface area contributed by atoms with Crippen molar-refractivity contribution < 1.29 is 5.11 Å². The smallest absolute Gasteiger partial charge is 0.0650 e. The first-order valence-electron chi connectivity index (χ1n) is 7.44. The van der Waals surface area contributed by atoms with Crippen molar-refractivity contribution in [2.75, 3.05) is 0 Å². The first-order chi connectivity index (χ1) is 8.68. The molecule has 1 aliphatic rings. The van der Waals surface area contributed by atoms with Crippen LogP contribution in [0.3, 0.4) is 0 Å². The standard InChI is InChI=1S/C17H26O/c1-15-8-7-13-17(18,14-15)12-6-5-11-16-9-3-2-4-10-16/h2-4,9-10,15,18H,5-8,11-14H2,1H3/t15?,17-/m0/s1. The van der Waals surface area contributed by atoms with E-state index in [0.29, 0.717) is 5.92 Å². The molecule has 1 unspecified atom stereocenters. The number of hydrogen-bond donors (Lipinski definition) is 1. The molecule has 2 atom stereocenters. The van der Waals surface area contributed by atoms with Gasteiger partial charge in [-0.15, -0.1) is 0 Å². The summed E-state index contributed by atoms with van der Waals surface area (Å²) in [7, 11) is 0. The van der Waals surface area contributed by atoms with Crippen LogP contribution in [-0.4, -0.2) is 10.7 Å². The summed E-state index contributed by atoms with van der Waals surface area (Å²) in [6, 6.07) is 10.7. The van der Waals surface area contributed by atoms with Crippen LogP contribution in [0.1, 0.15) is 57.4 Å². The predicted molar refractivity (Wildman–Crippen MR) is 76.6 cm³/mol. The molecular formula is C17H26O. The zero-order valence-corrected chi connectivity index (χ0v) is 11.6. The van der Waals surface area contributed by atoms with Crippen molar-refractivity contribution >= 4 is 0 Å². The average Bonchev–Trinajstić information content (AvgIpc) is 2.36. The van der Waals surface area contributed by atoms with Gasteiger partial charge in [0, 0.05) is 0 Å². The lowest BCUT2D eigenvalue weighted by molar-refractivity contribution is -0.0218. The van der Waals surface area contributed by atoms with E-state index >= 15 is 0 Å². The maximum Gasteiger partial charge on any atom is 0.0650 e. The molecule has 0 heterocycles. The molecule has 0 aliphatic heterocycles. The average molecular weight is 246 g/mol. The molecule has 1 aromatic rings. The SMILES string of the molecule is CC1CCC[C@@](O)(CCCCc2ccccc2)C1. The lowest BCUT2D eigenvalue weighted by Gasteiger charge is -2.35. The van der Waals surface area contributed by atoms with Crippen LogP contribution in [0.5, 0.6) is 0 Å². The van der Waals surface area contributed by atoms with Crippen LogP contribution >= 0.6 is 0 Å². The quantitative estimate of drug-likeness (QED) is 0.766. The molecular weight excluding hydrogens is 220 g/mol. The molecule has 1 heteroatoms. The van der Waals surface area contributed by atoms with Crippen molar-refractivity contribution in [3.8, 4) is 0 Å². The Bertz CT molecular complexity index is 346. The Morgan fingerprint density at radius 3 is 2.72 bits per heavy atom. The predicted octanol–water partition coefficient (Wildman–Crippen LogP) is 4.34. The molecule has 0 bridgehead atoms. The maximum atomic E-state index is 10.5. The molecule has 0 radical (unpaired) electrons. The molecule has 1 aromatic carbocycles. The Morgan fingerprint density at radius 2 is 2.00 bits per heavy atom. The first kappa shape index (κ1) is 13.6. The highest BCUT2D eigenvalue weighted by molar-refractivity contribution is 5.14. The topological polar surface area (TPSA) is 20.2 Å². The molecule has 1 N–H and O–H groups in total. The van der Waals surface area contributed by atoms with Gasteiger partial charge < -0.3 is 5.11 Å². The second-order valence-electron chi connectivity index (χ2n) is 6.12. The highest BCUT2D eigenvalue weighted by atomic mass is 16.3. The van der Waals surface area contributed by atoms with Gasteiger partial charge in [0.05, 0.1) is 5.60 Å². The Labute approximate surface area is 111 Å². The summed E-state index contributed by atoms with van der Waals surface area (Å²) in [6.45, 7) is 2.27. The number of hydrogen-bond acceptors (Lipinski definition) is 1. The number of aryl methyl sites for hydroxylation is 1. The van der Waals surface area contributed by atoms with E-state index in [9.17, 15) is 5.11 Å². The lowest BCUT2D eigenvalue weighted by Crippen LogP contribution is -2.34. The van der Waals surface area contributed by atoms with Crippen molar-refractivity contribution in [2.45, 2.75) is 63.9 Å². The van der Waals surface area contributed by atoms with Gasteiger partial charge >= 0.3 is 0 Å². The molecule has 1 nitrogen and oxygen atoms in total. The third-order valence-corrected chi connectivity index (χ3v) is 4.27. The van der Waals surface area contributed by atoms with Gasteiger partial charge in [0.25, 0.3) is 0 Å². The molecule has 0 spiro atoms. The third kappa shape index (κ3) is 4.13. The minimum Gasteiger partial charge on any atom is -0.390 e. The molecule has 1 saturated carbocycles. The van der Waals surface area contributed by atoms with Gasteiger partial charge in [-0.1, -0.05) is 56.5 Å². The molecule has 1 aliphatic carbocycles. The van der Waals surface area contributed by atoms with Gasteiger partial charge in [0.15, 0.2) is 0 Å². The molecule has 100 valence electrons. The van der Waals surface area contributed by atoms with Gasteiger partial charge in [0.1, 0.15) is 0 Å². The number of unbranched alkanes of at least 4 members (excludes halogenated alkanes) is 1. The van der Waals surface area contributed by atoms with Crippen molar-refractivity contribution in [1.29, 1.82) is 0 Å². The van der Waals surface area contributed by atoms with E-state index in [1.54, 1.807) is 0 Å². The number of benzene rings is 1. The molecule has 2 rings (SSSR count). The maximum absolute atomic E-state index is 10.5. The largest absolute Gasteiger partial charge is 0.390 e. The Morgan fingerprint density at radius 1 is 1.22 bits per heavy atom. The first-order valence-corrected chi connectivity index (χ1v) is 7.44. The summed E-state index contributed by atoms with van der Waals surface area (Å²) in [5.74, 6) is 0.706. The molecule has 0 aromatic heterocycles. The van der Waals surface area contributed by atoms with Crippen LogP contribution in [0.25, 0.3) is 0 Å². The van der Waals surface area contributed by atoms with Crippen LogP contribution in [0, 0.1) is 5.92 Å². The van der Waals surface area contributed by atoms with Crippen molar-refractivity contribution in [3.05, 3.63) is 35.9 Å². The molecule has 1 fully saturated rings. The fraction of sp³-hybridized carbons (Fsp3) is 0.647. The number of aliphatic hydroxyl groups is 1. The summed E-state index contributed by atoms with van der Waals surface area (Å²) < 4.78 is 0. The minimum atomic E-state index is -0.353. The van der Waals surface area contributed by atoms with Gasteiger partial charge in [-0.05, 0) is 43.6 Å². The van der Waals surface area contributed by atoms with E-state index in [0.717, 1.165) is 32.1 Å². The van der Waals surface area contributed by atoms with Crippen molar-refractivity contribution in [1.82, 2.24) is 0 Å². The van der Waals surface area contributed by atoms with Gasteiger partial charge in [-0.25, -0.2) is 0 Å². The Hall–Kier alpha value is -0.820. The van der Waals surface area contributed by atoms with Crippen LogP contribution in [0.2, 0.25) is 0 Å². The second kappa shape index (κ2) is 6.38. The fourth-order valence-electron chi connectivity index (χ4n) is 3.29. The third-order valence-electron chi connectivity index (χ3n) is 4.27. The van der Waals surface area contributed by atoms with E-state index in [-0.39, 0.29) is 5.60 Å². The highest BCUT2D eigenvalue weighted by Crippen LogP contribution is 2.35. The number of rotatable bonds is 5. The molecule has 0 amide bonds. The van der Waals surface area contributed by atoms with Crippen LogP contribution in [-0.2, 0) is 6.42 Å². The molecule has 0 saturated heterocycles. The zero-order valence-electron chi connectivity index (χ0n) is 11.6. The lowest BCUT2D eigenvalue weighted by atomic mass is 9.76. The minimum absolute atomic E-state index is 0.353. The summed E-state index contributed by atoms with van der Waals surface area (Å²) in [5.41, 5.74) is 1.07.